The van der Waals surface area contributed by atoms with Gasteiger partial charge in [-0.2, -0.15) is 0 Å². The second kappa shape index (κ2) is 8.82. The molecule has 0 fully saturated rings. The van der Waals surface area contributed by atoms with Crippen LogP contribution in [0.4, 0.5) is 24.0 Å². The van der Waals surface area contributed by atoms with E-state index in [9.17, 15) is 18.0 Å². The Morgan fingerprint density at radius 1 is 1.14 bits per heavy atom. The number of para-hydroxylation sites is 1. The molecule has 0 unspecified atom stereocenters. The van der Waals surface area contributed by atoms with Crippen LogP contribution < -0.4 is 20.1 Å². The lowest BCUT2D eigenvalue weighted by Gasteiger charge is -2.09. The van der Waals surface area contributed by atoms with Crippen LogP contribution in [-0.2, 0) is 6.54 Å². The van der Waals surface area contributed by atoms with E-state index in [1.165, 1.54) is 35.6 Å². The van der Waals surface area contributed by atoms with E-state index < -0.39 is 6.36 Å². The Morgan fingerprint density at radius 3 is 2.55 bits per heavy atom. The number of rotatable bonds is 7. The summed E-state index contributed by atoms with van der Waals surface area (Å²) in [7, 11) is 1.56. The molecule has 0 aliphatic heterocycles. The molecule has 0 aliphatic rings. The minimum absolute atomic E-state index is 0.226. The highest BCUT2D eigenvalue weighted by molar-refractivity contribution is 7.14. The minimum atomic E-state index is -4.74. The van der Waals surface area contributed by atoms with E-state index in [4.69, 9.17) is 4.74 Å². The van der Waals surface area contributed by atoms with Gasteiger partial charge in [0.1, 0.15) is 17.2 Å². The first-order valence-corrected chi connectivity index (χ1v) is 9.20. The van der Waals surface area contributed by atoms with Gasteiger partial charge in [0, 0.05) is 23.2 Å². The summed E-state index contributed by atoms with van der Waals surface area (Å²) in [5, 5.41) is 7.71. The van der Waals surface area contributed by atoms with Gasteiger partial charge in [0.15, 0.2) is 5.13 Å². The van der Waals surface area contributed by atoms with Gasteiger partial charge in [-0.05, 0) is 30.3 Å². The number of halogens is 3. The molecule has 1 aromatic heterocycles. The van der Waals surface area contributed by atoms with Gasteiger partial charge in [-0.15, -0.1) is 24.5 Å². The van der Waals surface area contributed by atoms with Gasteiger partial charge in [0.05, 0.1) is 7.11 Å². The first-order valence-electron chi connectivity index (χ1n) is 8.32. The number of hydrogen-bond acceptors (Lipinski definition) is 6. The molecular formula is C19H16F3N3O3S. The van der Waals surface area contributed by atoms with Crippen LogP contribution in [0.3, 0.4) is 0 Å². The molecule has 0 aliphatic carbocycles. The molecular weight excluding hydrogens is 407 g/mol. The molecule has 0 atom stereocenters. The van der Waals surface area contributed by atoms with Crippen molar-refractivity contribution in [3.63, 3.8) is 0 Å². The summed E-state index contributed by atoms with van der Waals surface area (Å²) >= 11 is 1.20. The number of benzene rings is 2. The van der Waals surface area contributed by atoms with E-state index in [0.29, 0.717) is 16.6 Å². The number of anilines is 2. The highest BCUT2D eigenvalue weighted by Crippen LogP contribution is 2.26. The average molecular weight is 423 g/mol. The number of carbonyl (C=O) groups is 1. The fourth-order valence-electron chi connectivity index (χ4n) is 2.41. The molecule has 0 radical (unpaired) electrons. The third-order valence-corrected chi connectivity index (χ3v) is 4.47. The highest BCUT2D eigenvalue weighted by atomic mass is 32.1. The lowest BCUT2D eigenvalue weighted by Crippen LogP contribution is -2.23. The number of carbonyl (C=O) groups excluding carboxylic acids is 1. The largest absolute Gasteiger partial charge is 0.573 e. The van der Waals surface area contributed by atoms with E-state index in [1.54, 1.807) is 18.6 Å². The van der Waals surface area contributed by atoms with Crippen LogP contribution in [0.25, 0.3) is 0 Å². The zero-order valence-corrected chi connectivity index (χ0v) is 15.9. The Balaban J connectivity index is 1.58. The predicted molar refractivity (Wildman–Crippen MR) is 103 cm³/mol. The molecule has 3 rings (SSSR count). The molecule has 3 aromatic rings. The maximum Gasteiger partial charge on any atom is 0.573 e. The van der Waals surface area contributed by atoms with E-state index in [0.717, 1.165) is 5.56 Å². The SMILES string of the molecule is COc1ccccc1CNC(=O)c1csc(Nc2ccc(OC(F)(F)F)cc2)n1. The van der Waals surface area contributed by atoms with Crippen LogP contribution in [0.5, 0.6) is 11.5 Å². The third-order valence-electron chi connectivity index (χ3n) is 3.71. The smallest absolute Gasteiger partial charge is 0.496 e. The van der Waals surface area contributed by atoms with Crippen LogP contribution >= 0.6 is 11.3 Å². The van der Waals surface area contributed by atoms with Crippen molar-refractivity contribution in [2.45, 2.75) is 12.9 Å². The van der Waals surface area contributed by atoms with E-state index >= 15 is 0 Å². The Morgan fingerprint density at radius 2 is 1.86 bits per heavy atom. The van der Waals surface area contributed by atoms with Crippen LogP contribution in [-0.4, -0.2) is 24.4 Å². The molecule has 2 aromatic carbocycles. The molecule has 152 valence electrons. The van der Waals surface area contributed by atoms with E-state index in [2.05, 4.69) is 20.4 Å². The third kappa shape index (κ3) is 5.85. The summed E-state index contributed by atoms with van der Waals surface area (Å²) in [6.45, 7) is 0.282. The van der Waals surface area contributed by atoms with Crippen LogP contribution in [0.2, 0.25) is 0 Å². The number of nitrogens with one attached hydrogen (secondary N) is 2. The lowest BCUT2D eigenvalue weighted by atomic mass is 10.2. The molecule has 10 heteroatoms. The van der Waals surface area contributed by atoms with Crippen LogP contribution in [0, 0.1) is 0 Å². The number of thiazole rings is 1. The molecule has 0 spiro atoms. The quantitative estimate of drug-likeness (QED) is 0.575. The maximum absolute atomic E-state index is 12.3. The Kier molecular flexibility index (Phi) is 6.23. The summed E-state index contributed by atoms with van der Waals surface area (Å²) < 4.78 is 45.6. The molecule has 0 saturated heterocycles. The number of hydrogen-bond donors (Lipinski definition) is 2. The summed E-state index contributed by atoms with van der Waals surface area (Å²) in [6.07, 6.45) is -4.74. The van der Waals surface area contributed by atoms with Crippen molar-refractivity contribution in [2.75, 3.05) is 12.4 Å². The number of alkyl halides is 3. The molecule has 29 heavy (non-hydrogen) atoms. The van der Waals surface area contributed by atoms with Gasteiger partial charge < -0.3 is 20.1 Å². The first kappa shape index (κ1) is 20.5. The standard InChI is InChI=1S/C19H16F3N3O3S/c1-27-16-5-3-2-4-12(16)10-23-17(26)15-11-29-18(25-15)24-13-6-8-14(9-7-13)28-19(20,21)22/h2-9,11H,10H2,1H3,(H,23,26)(H,24,25). The summed E-state index contributed by atoms with van der Waals surface area (Å²) in [4.78, 5) is 16.5. The topological polar surface area (TPSA) is 72.5 Å². The zero-order valence-electron chi connectivity index (χ0n) is 15.1. The van der Waals surface area contributed by atoms with Crippen molar-refractivity contribution in [1.29, 1.82) is 0 Å². The van der Waals surface area contributed by atoms with Gasteiger partial charge >= 0.3 is 6.36 Å². The zero-order chi connectivity index (χ0) is 20.9. The number of methoxy groups -OCH3 is 1. The molecule has 6 nitrogen and oxygen atoms in total. The Labute approximate surface area is 168 Å². The van der Waals surface area contributed by atoms with Crippen molar-refractivity contribution < 1.29 is 27.4 Å². The van der Waals surface area contributed by atoms with Crippen molar-refractivity contribution >= 4 is 28.1 Å². The first-order chi connectivity index (χ1) is 13.8. The molecule has 0 bridgehead atoms. The second-order valence-electron chi connectivity index (χ2n) is 5.73. The summed E-state index contributed by atoms with van der Waals surface area (Å²) in [5.41, 5.74) is 1.57. The van der Waals surface area contributed by atoms with Crippen LogP contribution in [0.15, 0.2) is 53.9 Å². The monoisotopic (exact) mass is 423 g/mol. The molecule has 0 saturated carbocycles. The normalized spacial score (nSPS) is 11.0. The number of amides is 1. The van der Waals surface area contributed by atoms with Gasteiger partial charge in [-0.3, -0.25) is 4.79 Å². The molecule has 2 N–H and O–H groups in total. The lowest BCUT2D eigenvalue weighted by molar-refractivity contribution is -0.274. The van der Waals surface area contributed by atoms with E-state index in [-0.39, 0.29) is 23.9 Å². The van der Waals surface area contributed by atoms with Gasteiger partial charge in [0.2, 0.25) is 0 Å². The summed E-state index contributed by atoms with van der Waals surface area (Å²) in [5.74, 6) is -0.000824. The second-order valence-corrected chi connectivity index (χ2v) is 6.59. The predicted octanol–water partition coefficient (Wildman–Crippen LogP) is 4.72. The molecule has 1 amide bonds. The maximum atomic E-state index is 12.3. The number of aromatic nitrogens is 1. The fraction of sp³-hybridized carbons (Fsp3) is 0.158. The van der Waals surface area contributed by atoms with Crippen LogP contribution in [0.1, 0.15) is 16.1 Å². The number of ether oxygens (including phenoxy) is 2. The van der Waals surface area contributed by atoms with Crippen molar-refractivity contribution in [1.82, 2.24) is 10.3 Å². The fourth-order valence-corrected chi connectivity index (χ4v) is 3.12. The van der Waals surface area contributed by atoms with Gasteiger partial charge in [-0.1, -0.05) is 18.2 Å². The van der Waals surface area contributed by atoms with Crippen molar-refractivity contribution in [3.8, 4) is 11.5 Å². The molecule has 1 heterocycles. The number of nitrogens with zero attached hydrogens (tertiary/aromatic N) is 1. The minimum Gasteiger partial charge on any atom is -0.496 e. The summed E-state index contributed by atoms with van der Waals surface area (Å²) in [6, 6.07) is 12.5. The van der Waals surface area contributed by atoms with Crippen molar-refractivity contribution in [2.24, 2.45) is 0 Å². The van der Waals surface area contributed by atoms with Crippen molar-refractivity contribution in [3.05, 3.63) is 65.2 Å². The van der Waals surface area contributed by atoms with Gasteiger partial charge in [-0.25, -0.2) is 4.98 Å². The average Bonchev–Trinajstić information content (AvgIpc) is 3.15. The Bertz CT molecular complexity index is 975. The van der Waals surface area contributed by atoms with Gasteiger partial charge in [0.25, 0.3) is 5.91 Å². The Hall–Kier alpha value is -3.27. The van der Waals surface area contributed by atoms with E-state index in [1.807, 2.05) is 18.2 Å². The highest BCUT2D eigenvalue weighted by Gasteiger charge is 2.30.